The third-order valence-corrected chi connectivity index (χ3v) is 4.02. The first-order valence-electron chi connectivity index (χ1n) is 7.49. The summed E-state index contributed by atoms with van der Waals surface area (Å²) in [7, 11) is 0. The molecule has 1 unspecified atom stereocenters. The molecule has 1 atom stereocenters. The Labute approximate surface area is 124 Å². The van der Waals surface area contributed by atoms with E-state index < -0.39 is 0 Å². The van der Waals surface area contributed by atoms with Crippen molar-refractivity contribution in [2.75, 3.05) is 18.5 Å². The number of carbonyl (C=O) groups is 2. The van der Waals surface area contributed by atoms with Crippen molar-refractivity contribution in [1.29, 1.82) is 0 Å². The molecule has 112 valence electrons. The molecule has 1 N–H and O–H groups in total. The Morgan fingerprint density at radius 1 is 1.29 bits per heavy atom. The molecule has 0 bridgehead atoms. The molecular weight excluding hydrogens is 268 g/mol. The van der Waals surface area contributed by atoms with Gasteiger partial charge in [0.15, 0.2) is 0 Å². The molecule has 0 aliphatic carbocycles. The highest BCUT2D eigenvalue weighted by Crippen LogP contribution is 2.22. The minimum atomic E-state index is -0.141. The molecule has 0 aromatic heterocycles. The monoisotopic (exact) mass is 288 g/mol. The van der Waals surface area contributed by atoms with Crippen LogP contribution in [0.2, 0.25) is 0 Å². The summed E-state index contributed by atoms with van der Waals surface area (Å²) in [5.41, 5.74) is 1.77. The number of anilines is 1. The number of fused-ring (bicyclic) bond motifs is 1. The standard InChI is InChI=1S/C16H20N2O3/c19-15-11-18(10-12-5-1-2-7-14(12)17-15)16(20)9-13-6-3-4-8-21-13/h1-2,5,7,13H,3-4,6,8-11H2,(H,17,19). The van der Waals surface area contributed by atoms with Crippen molar-refractivity contribution in [3.8, 4) is 0 Å². The minimum absolute atomic E-state index is 0.00578. The van der Waals surface area contributed by atoms with E-state index in [9.17, 15) is 9.59 Å². The van der Waals surface area contributed by atoms with Gasteiger partial charge in [0.25, 0.3) is 0 Å². The normalized spacial score (nSPS) is 22.2. The second-order valence-corrected chi connectivity index (χ2v) is 5.65. The number of carbonyl (C=O) groups excluding carboxylic acids is 2. The van der Waals surface area contributed by atoms with Crippen molar-refractivity contribution in [3.05, 3.63) is 29.8 Å². The SMILES string of the molecule is O=C1CN(C(=O)CC2CCCCO2)Cc2ccccc2N1. The van der Waals surface area contributed by atoms with E-state index in [1.54, 1.807) is 4.90 Å². The summed E-state index contributed by atoms with van der Waals surface area (Å²) >= 11 is 0. The van der Waals surface area contributed by atoms with Gasteiger partial charge in [-0.3, -0.25) is 9.59 Å². The maximum atomic E-state index is 12.4. The molecule has 0 spiro atoms. The molecule has 2 aliphatic rings. The van der Waals surface area contributed by atoms with Crippen LogP contribution in [-0.2, 0) is 20.9 Å². The van der Waals surface area contributed by atoms with Gasteiger partial charge in [-0.1, -0.05) is 18.2 Å². The van der Waals surface area contributed by atoms with E-state index in [-0.39, 0.29) is 24.5 Å². The number of rotatable bonds is 2. The quantitative estimate of drug-likeness (QED) is 0.904. The second kappa shape index (κ2) is 6.26. The highest BCUT2D eigenvalue weighted by Gasteiger charge is 2.26. The van der Waals surface area contributed by atoms with Crippen LogP contribution in [0.3, 0.4) is 0 Å². The van der Waals surface area contributed by atoms with Gasteiger partial charge in [0.05, 0.1) is 12.5 Å². The lowest BCUT2D eigenvalue weighted by Crippen LogP contribution is -2.37. The average Bonchev–Trinajstić information content (AvgIpc) is 2.66. The van der Waals surface area contributed by atoms with Gasteiger partial charge in [-0.05, 0) is 30.9 Å². The summed E-state index contributed by atoms with van der Waals surface area (Å²) in [5.74, 6) is -0.147. The number of nitrogens with zero attached hydrogens (tertiary/aromatic N) is 1. The van der Waals surface area contributed by atoms with Gasteiger partial charge < -0.3 is 15.0 Å². The molecule has 1 fully saturated rings. The van der Waals surface area contributed by atoms with E-state index in [4.69, 9.17) is 4.74 Å². The summed E-state index contributed by atoms with van der Waals surface area (Å²) in [5, 5.41) is 2.85. The Balaban J connectivity index is 1.69. The van der Waals surface area contributed by atoms with Crippen LogP contribution in [0.4, 0.5) is 5.69 Å². The lowest BCUT2D eigenvalue weighted by Gasteiger charge is -2.25. The number of hydrogen-bond donors (Lipinski definition) is 1. The molecular formula is C16H20N2O3. The van der Waals surface area contributed by atoms with Crippen LogP contribution in [-0.4, -0.2) is 36.0 Å². The third kappa shape index (κ3) is 3.42. The van der Waals surface area contributed by atoms with E-state index in [1.165, 1.54) is 0 Å². The van der Waals surface area contributed by atoms with Crippen LogP contribution in [0.15, 0.2) is 24.3 Å². The Bertz CT molecular complexity index is 538. The highest BCUT2D eigenvalue weighted by atomic mass is 16.5. The summed E-state index contributed by atoms with van der Waals surface area (Å²) in [4.78, 5) is 26.0. The molecule has 5 nitrogen and oxygen atoms in total. The second-order valence-electron chi connectivity index (χ2n) is 5.65. The molecule has 3 rings (SSSR count). The van der Waals surface area contributed by atoms with Crippen LogP contribution in [0, 0.1) is 0 Å². The first kappa shape index (κ1) is 14.1. The maximum Gasteiger partial charge on any atom is 0.244 e. The molecule has 1 saturated heterocycles. The van der Waals surface area contributed by atoms with Crippen molar-refractivity contribution in [2.24, 2.45) is 0 Å². The van der Waals surface area contributed by atoms with E-state index in [1.807, 2.05) is 24.3 Å². The topological polar surface area (TPSA) is 58.6 Å². The van der Waals surface area contributed by atoms with Crippen molar-refractivity contribution in [3.63, 3.8) is 0 Å². The van der Waals surface area contributed by atoms with E-state index in [2.05, 4.69) is 5.32 Å². The first-order valence-corrected chi connectivity index (χ1v) is 7.49. The van der Waals surface area contributed by atoms with E-state index in [0.717, 1.165) is 37.1 Å². The Hall–Kier alpha value is -1.88. The fourth-order valence-corrected chi connectivity index (χ4v) is 2.87. The zero-order chi connectivity index (χ0) is 14.7. The Kier molecular flexibility index (Phi) is 4.20. The van der Waals surface area contributed by atoms with Gasteiger partial charge in [-0.25, -0.2) is 0 Å². The summed E-state index contributed by atoms with van der Waals surface area (Å²) in [6.45, 7) is 1.32. The number of ether oxygens (including phenoxy) is 1. The molecule has 0 saturated carbocycles. The summed E-state index contributed by atoms with van der Waals surface area (Å²) < 4.78 is 5.62. The van der Waals surface area contributed by atoms with Crippen molar-refractivity contribution < 1.29 is 14.3 Å². The molecule has 0 radical (unpaired) electrons. The molecule has 1 aromatic rings. The lowest BCUT2D eigenvalue weighted by atomic mass is 10.1. The zero-order valence-corrected chi connectivity index (χ0v) is 12.0. The van der Waals surface area contributed by atoms with Crippen molar-refractivity contribution in [2.45, 2.75) is 38.3 Å². The van der Waals surface area contributed by atoms with Gasteiger partial charge in [0.2, 0.25) is 11.8 Å². The fraction of sp³-hybridized carbons (Fsp3) is 0.500. The Morgan fingerprint density at radius 3 is 2.95 bits per heavy atom. The number of benzene rings is 1. The molecule has 21 heavy (non-hydrogen) atoms. The van der Waals surface area contributed by atoms with Gasteiger partial charge >= 0.3 is 0 Å². The summed E-state index contributed by atoms with van der Waals surface area (Å²) in [6, 6.07) is 7.61. The van der Waals surface area contributed by atoms with Gasteiger partial charge in [-0.15, -0.1) is 0 Å². The van der Waals surface area contributed by atoms with Crippen molar-refractivity contribution in [1.82, 2.24) is 4.90 Å². The number of hydrogen-bond acceptors (Lipinski definition) is 3. The van der Waals surface area contributed by atoms with E-state index in [0.29, 0.717) is 13.0 Å². The van der Waals surface area contributed by atoms with Gasteiger partial charge in [0, 0.05) is 18.8 Å². The maximum absolute atomic E-state index is 12.4. The predicted octanol–water partition coefficient (Wildman–Crippen LogP) is 1.93. The number of para-hydroxylation sites is 1. The minimum Gasteiger partial charge on any atom is -0.378 e. The number of nitrogens with one attached hydrogen (secondary N) is 1. The molecule has 1 aromatic carbocycles. The molecule has 2 amide bonds. The summed E-state index contributed by atoms with van der Waals surface area (Å²) in [6.07, 6.45) is 3.50. The fourth-order valence-electron chi connectivity index (χ4n) is 2.87. The first-order chi connectivity index (χ1) is 10.2. The van der Waals surface area contributed by atoms with Crippen LogP contribution in [0.5, 0.6) is 0 Å². The smallest absolute Gasteiger partial charge is 0.244 e. The third-order valence-electron chi connectivity index (χ3n) is 4.02. The van der Waals surface area contributed by atoms with E-state index >= 15 is 0 Å². The molecule has 2 heterocycles. The highest BCUT2D eigenvalue weighted by molar-refractivity contribution is 5.96. The van der Waals surface area contributed by atoms with Crippen molar-refractivity contribution >= 4 is 17.5 Å². The lowest BCUT2D eigenvalue weighted by molar-refractivity contribution is -0.138. The van der Waals surface area contributed by atoms with Crippen LogP contribution in [0.25, 0.3) is 0 Å². The van der Waals surface area contributed by atoms with Gasteiger partial charge in [0.1, 0.15) is 6.54 Å². The predicted molar refractivity (Wildman–Crippen MR) is 78.7 cm³/mol. The Morgan fingerprint density at radius 2 is 2.14 bits per heavy atom. The average molecular weight is 288 g/mol. The van der Waals surface area contributed by atoms with Crippen LogP contribution >= 0.6 is 0 Å². The number of amides is 2. The molecule has 5 heteroatoms. The molecule has 2 aliphatic heterocycles. The van der Waals surface area contributed by atoms with Crippen LogP contribution < -0.4 is 5.32 Å². The van der Waals surface area contributed by atoms with Gasteiger partial charge in [-0.2, -0.15) is 0 Å². The zero-order valence-electron chi connectivity index (χ0n) is 12.0. The largest absolute Gasteiger partial charge is 0.378 e. The van der Waals surface area contributed by atoms with Crippen LogP contribution in [0.1, 0.15) is 31.2 Å².